The minimum atomic E-state index is -0.803. The van der Waals surface area contributed by atoms with Crippen molar-refractivity contribution in [3.05, 3.63) is 47.4 Å². The molecule has 0 aliphatic carbocycles. The Kier molecular flexibility index (Phi) is 4.51. The van der Waals surface area contributed by atoms with Crippen LogP contribution in [0.2, 0.25) is 0 Å². The number of benzene rings is 1. The highest BCUT2D eigenvalue weighted by molar-refractivity contribution is 5.89. The molecule has 2 heterocycles. The Morgan fingerprint density at radius 2 is 2.17 bits per heavy atom. The van der Waals surface area contributed by atoms with Crippen LogP contribution in [0.25, 0.3) is 0 Å². The number of amides is 2. The molecular formula is C17H19F2N3O2. The summed E-state index contributed by atoms with van der Waals surface area (Å²) >= 11 is 0. The van der Waals surface area contributed by atoms with E-state index in [1.807, 2.05) is 19.9 Å². The first-order valence-corrected chi connectivity index (χ1v) is 7.95. The van der Waals surface area contributed by atoms with Crippen LogP contribution in [0.1, 0.15) is 50.1 Å². The average Bonchev–Trinajstić information content (AvgIpc) is 3.17. The van der Waals surface area contributed by atoms with Gasteiger partial charge in [-0.05, 0) is 25.0 Å². The van der Waals surface area contributed by atoms with E-state index in [1.54, 1.807) is 4.90 Å². The first-order valence-electron chi connectivity index (χ1n) is 7.95. The second-order valence-electron chi connectivity index (χ2n) is 6.21. The molecule has 1 aromatic carbocycles. The third-order valence-corrected chi connectivity index (χ3v) is 4.14. The van der Waals surface area contributed by atoms with Gasteiger partial charge in [0.15, 0.2) is 0 Å². The summed E-state index contributed by atoms with van der Waals surface area (Å²) < 4.78 is 32.0. The van der Waals surface area contributed by atoms with Gasteiger partial charge in [0.1, 0.15) is 23.1 Å². The molecule has 24 heavy (non-hydrogen) atoms. The number of aromatic nitrogens is 1. The molecule has 0 bridgehead atoms. The quantitative estimate of drug-likeness (QED) is 0.902. The molecule has 0 radical (unpaired) electrons. The van der Waals surface area contributed by atoms with Gasteiger partial charge in [-0.3, -0.25) is 0 Å². The van der Waals surface area contributed by atoms with Gasteiger partial charge in [-0.25, -0.2) is 13.6 Å². The maximum atomic E-state index is 13.7. The molecule has 1 saturated heterocycles. The van der Waals surface area contributed by atoms with Crippen molar-refractivity contribution in [2.45, 2.75) is 38.6 Å². The molecule has 3 rings (SSSR count). The van der Waals surface area contributed by atoms with Crippen molar-refractivity contribution < 1.29 is 18.1 Å². The van der Waals surface area contributed by atoms with Gasteiger partial charge in [0.2, 0.25) is 0 Å². The Morgan fingerprint density at radius 1 is 1.38 bits per heavy atom. The normalized spacial score (nSPS) is 17.5. The molecule has 1 atom stereocenters. The summed E-state index contributed by atoms with van der Waals surface area (Å²) in [5.41, 5.74) is 0.654. The predicted molar refractivity (Wildman–Crippen MR) is 84.6 cm³/mol. The summed E-state index contributed by atoms with van der Waals surface area (Å²) in [6, 6.07) is 4.28. The molecule has 1 aliphatic rings. The summed E-state index contributed by atoms with van der Waals surface area (Å²) in [4.78, 5) is 14.1. The van der Waals surface area contributed by atoms with Crippen LogP contribution in [0.5, 0.6) is 0 Å². The minimum absolute atomic E-state index is 0.0462. The van der Waals surface area contributed by atoms with Gasteiger partial charge in [-0.2, -0.15) is 0 Å². The van der Waals surface area contributed by atoms with E-state index in [-0.39, 0.29) is 17.6 Å². The number of carbonyl (C=O) groups excluding carboxylic acids is 1. The van der Waals surface area contributed by atoms with E-state index in [9.17, 15) is 13.6 Å². The van der Waals surface area contributed by atoms with E-state index in [1.165, 1.54) is 6.07 Å². The fourth-order valence-electron chi connectivity index (χ4n) is 2.83. The number of urea groups is 1. The Hall–Kier alpha value is -2.44. The smallest absolute Gasteiger partial charge is 0.322 e. The van der Waals surface area contributed by atoms with Crippen molar-refractivity contribution in [2.24, 2.45) is 0 Å². The number of likely N-dealkylation sites (tertiary alicyclic amines) is 1. The highest BCUT2D eigenvalue weighted by Crippen LogP contribution is 2.33. The fourth-order valence-corrected chi connectivity index (χ4v) is 2.83. The molecule has 2 amide bonds. The molecule has 1 aromatic heterocycles. The van der Waals surface area contributed by atoms with E-state index in [2.05, 4.69) is 10.5 Å². The number of halogens is 2. The summed E-state index contributed by atoms with van der Waals surface area (Å²) in [6.45, 7) is 4.55. The summed E-state index contributed by atoms with van der Waals surface area (Å²) in [7, 11) is 0. The zero-order valence-corrected chi connectivity index (χ0v) is 13.6. The lowest BCUT2D eigenvalue weighted by Gasteiger charge is -2.23. The Morgan fingerprint density at radius 3 is 2.83 bits per heavy atom. The van der Waals surface area contributed by atoms with Crippen molar-refractivity contribution in [3.8, 4) is 0 Å². The predicted octanol–water partition coefficient (Wildman–Crippen LogP) is 4.45. The van der Waals surface area contributed by atoms with E-state index in [0.717, 1.165) is 30.7 Å². The zero-order valence-electron chi connectivity index (χ0n) is 13.6. The average molecular weight is 335 g/mol. The van der Waals surface area contributed by atoms with Gasteiger partial charge in [-0.15, -0.1) is 0 Å². The molecule has 1 aliphatic heterocycles. The molecule has 0 saturated carbocycles. The summed E-state index contributed by atoms with van der Waals surface area (Å²) in [5.74, 6) is -0.513. The highest BCUT2D eigenvalue weighted by atomic mass is 19.1. The third-order valence-electron chi connectivity index (χ3n) is 4.14. The topological polar surface area (TPSA) is 58.4 Å². The van der Waals surface area contributed by atoms with E-state index in [4.69, 9.17) is 4.52 Å². The number of rotatable bonds is 3. The number of anilines is 1. The minimum Gasteiger partial charge on any atom is -0.361 e. The SMILES string of the molecule is CC(C)c1cc([C@@H]2CCCN2C(=O)Nc2ccc(F)cc2F)no1. The van der Waals surface area contributed by atoms with Gasteiger partial charge < -0.3 is 14.7 Å². The Bertz CT molecular complexity index is 745. The fraction of sp³-hybridized carbons (Fsp3) is 0.412. The monoisotopic (exact) mass is 335 g/mol. The van der Waals surface area contributed by atoms with Crippen molar-refractivity contribution in [2.75, 3.05) is 11.9 Å². The van der Waals surface area contributed by atoms with Crippen molar-refractivity contribution in [1.82, 2.24) is 10.1 Å². The first kappa shape index (κ1) is 16.4. The number of nitrogens with one attached hydrogen (secondary N) is 1. The lowest BCUT2D eigenvalue weighted by Crippen LogP contribution is -2.34. The van der Waals surface area contributed by atoms with Gasteiger partial charge in [-0.1, -0.05) is 19.0 Å². The van der Waals surface area contributed by atoms with E-state index >= 15 is 0 Å². The Labute approximate surface area is 138 Å². The van der Waals surface area contributed by atoms with Gasteiger partial charge in [0, 0.05) is 24.6 Å². The second-order valence-corrected chi connectivity index (χ2v) is 6.21. The lowest BCUT2D eigenvalue weighted by atomic mass is 10.1. The van der Waals surface area contributed by atoms with Crippen LogP contribution in [0.15, 0.2) is 28.8 Å². The second kappa shape index (κ2) is 6.59. The van der Waals surface area contributed by atoms with Crippen LogP contribution in [-0.4, -0.2) is 22.6 Å². The zero-order chi connectivity index (χ0) is 17.3. The van der Waals surface area contributed by atoms with Crippen LogP contribution >= 0.6 is 0 Å². The highest BCUT2D eigenvalue weighted by Gasteiger charge is 2.32. The van der Waals surface area contributed by atoms with Crippen LogP contribution in [0.3, 0.4) is 0 Å². The Balaban J connectivity index is 1.75. The molecule has 2 aromatic rings. The largest absolute Gasteiger partial charge is 0.361 e. The van der Waals surface area contributed by atoms with Crippen LogP contribution in [0, 0.1) is 11.6 Å². The number of hydrogen-bond donors (Lipinski definition) is 1. The third kappa shape index (κ3) is 3.25. The lowest BCUT2D eigenvalue weighted by molar-refractivity contribution is 0.204. The van der Waals surface area contributed by atoms with Gasteiger partial charge >= 0.3 is 6.03 Å². The van der Waals surface area contributed by atoms with Gasteiger partial charge in [0.25, 0.3) is 0 Å². The van der Waals surface area contributed by atoms with E-state index in [0.29, 0.717) is 12.2 Å². The van der Waals surface area contributed by atoms with Gasteiger partial charge in [0.05, 0.1) is 11.7 Å². The van der Waals surface area contributed by atoms with Crippen LogP contribution in [-0.2, 0) is 0 Å². The maximum absolute atomic E-state index is 13.7. The molecule has 128 valence electrons. The van der Waals surface area contributed by atoms with Crippen molar-refractivity contribution in [1.29, 1.82) is 0 Å². The maximum Gasteiger partial charge on any atom is 0.322 e. The summed E-state index contributed by atoms with van der Waals surface area (Å²) in [6.07, 6.45) is 1.59. The number of nitrogens with zero attached hydrogens (tertiary/aromatic N) is 2. The molecule has 0 spiro atoms. The standard InChI is InChI=1S/C17H19F2N3O2/c1-10(2)16-9-14(21-24-16)15-4-3-7-22(15)17(23)20-13-6-5-11(18)8-12(13)19/h5-6,8-10,15H,3-4,7H2,1-2H3,(H,20,23)/t15-/m0/s1. The molecule has 1 N–H and O–H groups in total. The molecule has 5 nitrogen and oxygen atoms in total. The first-order chi connectivity index (χ1) is 11.5. The van der Waals surface area contributed by atoms with Crippen LogP contribution < -0.4 is 5.32 Å². The molecule has 1 fully saturated rings. The molecular weight excluding hydrogens is 316 g/mol. The number of carbonyl (C=O) groups is 1. The number of hydrogen-bond acceptors (Lipinski definition) is 3. The van der Waals surface area contributed by atoms with Crippen molar-refractivity contribution >= 4 is 11.7 Å². The summed E-state index contributed by atoms with van der Waals surface area (Å²) in [5, 5.41) is 6.56. The van der Waals surface area contributed by atoms with Crippen molar-refractivity contribution in [3.63, 3.8) is 0 Å². The van der Waals surface area contributed by atoms with Crippen LogP contribution in [0.4, 0.5) is 19.3 Å². The van der Waals surface area contributed by atoms with E-state index < -0.39 is 17.7 Å². The molecule has 7 heteroatoms. The molecule has 0 unspecified atom stereocenters.